The molecule has 1 nitrogen and oxygen atoms in total. The van der Waals surface area contributed by atoms with Crippen LogP contribution in [0, 0.1) is 11.8 Å². The molecule has 1 heterocycles. The molecule has 0 amide bonds. The lowest BCUT2D eigenvalue weighted by Gasteiger charge is -2.41. The Balaban J connectivity index is 1.53. The van der Waals surface area contributed by atoms with E-state index in [0.717, 1.165) is 11.5 Å². The number of hydrogen-bond donors (Lipinski definition) is 0. The zero-order chi connectivity index (χ0) is 22.9. The maximum Gasteiger partial charge on any atom is 0.131 e. The predicted molar refractivity (Wildman–Crippen MR) is 140 cm³/mol. The van der Waals surface area contributed by atoms with Crippen LogP contribution in [0.5, 0.6) is 11.5 Å². The van der Waals surface area contributed by atoms with Crippen molar-refractivity contribution >= 4 is 0 Å². The molecule has 0 N–H and O–H groups in total. The Hall–Kier alpha value is -3.58. The van der Waals surface area contributed by atoms with E-state index in [1.165, 1.54) is 33.4 Å². The molecule has 0 saturated heterocycles. The molecule has 0 bridgehead atoms. The van der Waals surface area contributed by atoms with E-state index >= 15 is 0 Å². The van der Waals surface area contributed by atoms with Crippen molar-refractivity contribution in [2.45, 2.75) is 31.1 Å². The zero-order valence-electron chi connectivity index (χ0n) is 19.6. The van der Waals surface area contributed by atoms with Gasteiger partial charge in [0.1, 0.15) is 11.5 Å². The van der Waals surface area contributed by atoms with Gasteiger partial charge in [-0.15, -0.1) is 0 Å². The molecule has 4 unspecified atom stereocenters. The lowest BCUT2D eigenvalue weighted by Crippen LogP contribution is -2.29. The van der Waals surface area contributed by atoms with Gasteiger partial charge in [-0.05, 0) is 52.3 Å². The maximum atomic E-state index is 6.56. The molecule has 4 atom stereocenters. The fourth-order valence-corrected chi connectivity index (χ4v) is 6.65. The van der Waals surface area contributed by atoms with E-state index in [0.29, 0.717) is 23.7 Å². The molecule has 3 aromatic rings. The van der Waals surface area contributed by atoms with Crippen molar-refractivity contribution < 1.29 is 4.74 Å². The number of para-hydroxylation sites is 1. The molecule has 0 spiro atoms. The number of ether oxygens (including phenoxy) is 1. The summed E-state index contributed by atoms with van der Waals surface area (Å²) < 4.78 is 6.56. The molecule has 4 aliphatic rings. The van der Waals surface area contributed by atoms with Crippen molar-refractivity contribution in [1.29, 1.82) is 0 Å². The summed E-state index contributed by atoms with van der Waals surface area (Å²) in [6.07, 6.45) is 18.5. The molecule has 0 fully saturated rings. The highest BCUT2D eigenvalue weighted by atomic mass is 16.5. The van der Waals surface area contributed by atoms with E-state index in [2.05, 4.69) is 123 Å². The lowest BCUT2D eigenvalue weighted by molar-refractivity contribution is 0.393. The molecule has 0 aromatic heterocycles. The fraction of sp³-hybridized carbons (Fsp3) is 0.212. The number of benzene rings is 3. The van der Waals surface area contributed by atoms with Crippen molar-refractivity contribution in [2.24, 2.45) is 11.8 Å². The normalized spacial score (nSPS) is 26.5. The number of allylic oxidation sites excluding steroid dienone is 8. The van der Waals surface area contributed by atoms with Gasteiger partial charge in [0.15, 0.2) is 0 Å². The van der Waals surface area contributed by atoms with E-state index in [1.807, 2.05) is 0 Å². The smallest absolute Gasteiger partial charge is 0.131 e. The van der Waals surface area contributed by atoms with Crippen molar-refractivity contribution in [2.75, 3.05) is 0 Å². The van der Waals surface area contributed by atoms with Gasteiger partial charge < -0.3 is 4.74 Å². The van der Waals surface area contributed by atoms with Gasteiger partial charge in [0.25, 0.3) is 0 Å². The van der Waals surface area contributed by atoms with Crippen LogP contribution < -0.4 is 4.74 Å². The number of fused-ring (bicyclic) bond motifs is 10. The summed E-state index contributed by atoms with van der Waals surface area (Å²) in [4.78, 5) is 0. The van der Waals surface area contributed by atoms with Crippen LogP contribution in [-0.2, 0) is 5.41 Å². The predicted octanol–water partition coefficient (Wildman–Crippen LogP) is 8.45. The van der Waals surface area contributed by atoms with Crippen LogP contribution in [0.1, 0.15) is 47.9 Å². The van der Waals surface area contributed by atoms with Crippen LogP contribution in [0.3, 0.4) is 0 Å². The van der Waals surface area contributed by atoms with Gasteiger partial charge in [-0.2, -0.15) is 0 Å². The second-order valence-corrected chi connectivity index (χ2v) is 10.5. The van der Waals surface area contributed by atoms with Crippen LogP contribution in [0.25, 0.3) is 11.1 Å². The highest BCUT2D eigenvalue weighted by molar-refractivity contribution is 5.77. The second kappa shape index (κ2) is 7.21. The Labute approximate surface area is 201 Å². The van der Waals surface area contributed by atoms with Gasteiger partial charge in [0.2, 0.25) is 0 Å². The first-order valence-electron chi connectivity index (χ1n) is 12.4. The summed E-state index contributed by atoms with van der Waals surface area (Å²) in [5, 5.41) is 0. The number of hydrogen-bond acceptors (Lipinski definition) is 1. The number of rotatable bonds is 0. The van der Waals surface area contributed by atoms with Crippen LogP contribution in [0.15, 0.2) is 109 Å². The van der Waals surface area contributed by atoms with E-state index < -0.39 is 0 Å². The summed E-state index contributed by atoms with van der Waals surface area (Å²) in [5.41, 5.74) is 7.88. The Bertz CT molecular complexity index is 1430. The highest BCUT2D eigenvalue weighted by Gasteiger charge is 2.40. The fourth-order valence-electron chi connectivity index (χ4n) is 6.65. The van der Waals surface area contributed by atoms with E-state index in [-0.39, 0.29) is 5.41 Å². The van der Waals surface area contributed by atoms with Crippen molar-refractivity contribution in [3.05, 3.63) is 132 Å². The standard InChI is InChI=1S/C33H28O/c1-33(2)29-17-9-10-18-31(29)34-32-20-28-26-16-8-6-14-24(26)22-12-4-3-11-21(22)23-13-5-7-15-25(23)27(28)19-30(32)33/h3-22,24,26H,1-2H3. The van der Waals surface area contributed by atoms with Crippen molar-refractivity contribution in [3.8, 4) is 22.6 Å². The van der Waals surface area contributed by atoms with E-state index in [1.54, 1.807) is 0 Å². The molecule has 1 heteroatoms. The molecule has 34 heavy (non-hydrogen) atoms. The van der Waals surface area contributed by atoms with Gasteiger partial charge >= 0.3 is 0 Å². The minimum absolute atomic E-state index is 0.131. The summed E-state index contributed by atoms with van der Waals surface area (Å²) in [6, 6.07) is 22.3. The molecular weight excluding hydrogens is 412 g/mol. The molecule has 0 saturated carbocycles. The van der Waals surface area contributed by atoms with Crippen molar-refractivity contribution in [1.82, 2.24) is 0 Å². The molecule has 3 aromatic carbocycles. The second-order valence-electron chi connectivity index (χ2n) is 10.5. The zero-order valence-corrected chi connectivity index (χ0v) is 19.6. The highest BCUT2D eigenvalue weighted by Crippen LogP contribution is 2.55. The molecule has 0 radical (unpaired) electrons. The first-order valence-corrected chi connectivity index (χ1v) is 12.4. The van der Waals surface area contributed by atoms with Gasteiger partial charge in [0, 0.05) is 28.4 Å². The first-order chi connectivity index (χ1) is 16.6. The van der Waals surface area contributed by atoms with Gasteiger partial charge in [-0.1, -0.05) is 105 Å². The average molecular weight is 441 g/mol. The Morgan fingerprint density at radius 3 is 2.03 bits per heavy atom. The van der Waals surface area contributed by atoms with E-state index in [9.17, 15) is 0 Å². The van der Waals surface area contributed by atoms with E-state index in [4.69, 9.17) is 4.74 Å². The SMILES string of the molecule is CC1(C)c2ccccc2Oc2cc3c(cc21)-c1ccccc1C1C=CC=CC1C1C=CC=CC31. The summed E-state index contributed by atoms with van der Waals surface area (Å²) >= 11 is 0. The molecule has 7 rings (SSSR count). The first kappa shape index (κ1) is 19.9. The average Bonchev–Trinajstić information content (AvgIpc) is 2.87. The van der Waals surface area contributed by atoms with Crippen molar-refractivity contribution in [3.63, 3.8) is 0 Å². The third-order valence-electron chi connectivity index (χ3n) is 8.37. The molecule has 166 valence electrons. The Kier molecular flexibility index (Phi) is 4.21. The largest absolute Gasteiger partial charge is 0.457 e. The third kappa shape index (κ3) is 2.73. The molecule has 1 aliphatic heterocycles. The molecular formula is C33H28O. The monoisotopic (exact) mass is 440 g/mol. The Morgan fingerprint density at radius 2 is 1.24 bits per heavy atom. The summed E-state index contributed by atoms with van der Waals surface area (Å²) in [5.74, 6) is 3.50. The third-order valence-corrected chi connectivity index (χ3v) is 8.37. The minimum Gasteiger partial charge on any atom is -0.457 e. The maximum absolute atomic E-state index is 6.56. The van der Waals surface area contributed by atoms with Crippen LogP contribution in [-0.4, -0.2) is 0 Å². The summed E-state index contributed by atoms with van der Waals surface area (Å²) in [7, 11) is 0. The van der Waals surface area contributed by atoms with Gasteiger partial charge in [-0.25, -0.2) is 0 Å². The van der Waals surface area contributed by atoms with Gasteiger partial charge in [0.05, 0.1) is 0 Å². The molecule has 3 aliphatic carbocycles. The van der Waals surface area contributed by atoms with Gasteiger partial charge in [-0.3, -0.25) is 0 Å². The Morgan fingerprint density at radius 1 is 0.588 bits per heavy atom. The van der Waals surface area contributed by atoms with Crippen LogP contribution in [0.2, 0.25) is 0 Å². The topological polar surface area (TPSA) is 9.23 Å². The van der Waals surface area contributed by atoms with Crippen LogP contribution in [0.4, 0.5) is 0 Å². The minimum atomic E-state index is -0.131. The lowest BCUT2D eigenvalue weighted by atomic mass is 9.63. The quantitative estimate of drug-likeness (QED) is 0.341. The summed E-state index contributed by atoms with van der Waals surface area (Å²) in [6.45, 7) is 4.65. The van der Waals surface area contributed by atoms with Crippen LogP contribution >= 0.6 is 0 Å².